The number of ether oxygens (including phenoxy) is 1. The van der Waals surface area contributed by atoms with Gasteiger partial charge in [-0.25, -0.2) is 4.68 Å². The fourth-order valence-corrected chi connectivity index (χ4v) is 1.52. The first kappa shape index (κ1) is 12.8. The summed E-state index contributed by atoms with van der Waals surface area (Å²) in [7, 11) is 0. The zero-order valence-electron chi connectivity index (χ0n) is 9.43. The number of aromatic nitrogens is 3. The van der Waals surface area contributed by atoms with Gasteiger partial charge in [-0.2, -0.15) is 8.78 Å². The quantitative estimate of drug-likeness (QED) is 0.803. The van der Waals surface area contributed by atoms with Crippen molar-refractivity contribution >= 4 is 11.6 Å². The van der Waals surface area contributed by atoms with Crippen molar-refractivity contribution in [2.24, 2.45) is 0 Å². The molecule has 0 spiro atoms. The van der Waals surface area contributed by atoms with E-state index in [4.69, 9.17) is 11.6 Å². The lowest BCUT2D eigenvalue weighted by Crippen LogP contribution is -2.06. The molecule has 0 N–H and O–H groups in total. The first-order valence-electron chi connectivity index (χ1n) is 5.18. The molecular formula is C11H10ClF2N3O. The SMILES string of the molecule is CC(Cl)c1cn(-c2ccccc2OC(F)F)nn1. The van der Waals surface area contributed by atoms with Gasteiger partial charge in [0.15, 0.2) is 5.75 Å². The van der Waals surface area contributed by atoms with Crippen molar-refractivity contribution < 1.29 is 13.5 Å². The van der Waals surface area contributed by atoms with Gasteiger partial charge < -0.3 is 4.74 Å². The Bertz CT molecular complexity index is 531. The van der Waals surface area contributed by atoms with Crippen molar-refractivity contribution in [3.05, 3.63) is 36.2 Å². The molecule has 1 heterocycles. The molecule has 0 aliphatic heterocycles. The second kappa shape index (κ2) is 5.30. The minimum absolute atomic E-state index is 0.0335. The van der Waals surface area contributed by atoms with E-state index in [1.165, 1.54) is 10.7 Å². The van der Waals surface area contributed by atoms with Crippen LogP contribution in [0.3, 0.4) is 0 Å². The average molecular weight is 274 g/mol. The largest absolute Gasteiger partial charge is 0.433 e. The predicted octanol–water partition coefficient (Wildman–Crippen LogP) is 3.17. The Morgan fingerprint density at radius 1 is 1.33 bits per heavy atom. The van der Waals surface area contributed by atoms with Gasteiger partial charge in [-0.3, -0.25) is 0 Å². The fourth-order valence-electron chi connectivity index (χ4n) is 1.42. The minimum atomic E-state index is -2.89. The van der Waals surface area contributed by atoms with E-state index in [1.54, 1.807) is 31.3 Å². The second-order valence-electron chi connectivity index (χ2n) is 3.55. The van der Waals surface area contributed by atoms with Crippen LogP contribution in [0.4, 0.5) is 8.78 Å². The highest BCUT2D eigenvalue weighted by Gasteiger charge is 2.13. The Hall–Kier alpha value is -1.69. The molecule has 0 bridgehead atoms. The van der Waals surface area contributed by atoms with Crippen molar-refractivity contribution in [3.63, 3.8) is 0 Å². The van der Waals surface area contributed by atoms with E-state index in [2.05, 4.69) is 15.0 Å². The van der Waals surface area contributed by atoms with Crippen LogP contribution in [0.15, 0.2) is 30.5 Å². The summed E-state index contributed by atoms with van der Waals surface area (Å²) in [5, 5.41) is 7.38. The lowest BCUT2D eigenvalue weighted by molar-refractivity contribution is -0.0499. The average Bonchev–Trinajstić information content (AvgIpc) is 2.78. The van der Waals surface area contributed by atoms with Crippen LogP contribution in [0.1, 0.15) is 18.0 Å². The van der Waals surface area contributed by atoms with E-state index in [1.807, 2.05) is 0 Å². The molecule has 1 unspecified atom stereocenters. The monoisotopic (exact) mass is 273 g/mol. The molecule has 4 nitrogen and oxygen atoms in total. The van der Waals surface area contributed by atoms with Gasteiger partial charge >= 0.3 is 6.61 Å². The number of benzene rings is 1. The van der Waals surface area contributed by atoms with Gasteiger partial charge in [-0.15, -0.1) is 16.7 Å². The van der Waals surface area contributed by atoms with Crippen LogP contribution in [0, 0.1) is 0 Å². The Labute approximate surface area is 107 Å². The highest BCUT2D eigenvalue weighted by molar-refractivity contribution is 6.20. The van der Waals surface area contributed by atoms with Gasteiger partial charge in [0.1, 0.15) is 11.4 Å². The van der Waals surface area contributed by atoms with E-state index in [0.29, 0.717) is 11.4 Å². The molecule has 18 heavy (non-hydrogen) atoms. The fraction of sp³-hybridized carbons (Fsp3) is 0.273. The van der Waals surface area contributed by atoms with Crippen LogP contribution in [-0.4, -0.2) is 21.6 Å². The molecule has 96 valence electrons. The molecule has 1 atom stereocenters. The number of halogens is 3. The molecule has 2 rings (SSSR count). The maximum Gasteiger partial charge on any atom is 0.387 e. The Kier molecular flexibility index (Phi) is 3.76. The molecule has 0 aliphatic rings. The smallest absolute Gasteiger partial charge is 0.387 e. The number of rotatable bonds is 4. The number of alkyl halides is 3. The topological polar surface area (TPSA) is 39.9 Å². The molecule has 0 fully saturated rings. The number of nitrogens with zero attached hydrogens (tertiary/aromatic N) is 3. The molecule has 2 aromatic rings. The van der Waals surface area contributed by atoms with Crippen molar-refractivity contribution in [2.75, 3.05) is 0 Å². The van der Waals surface area contributed by atoms with Gasteiger partial charge in [0.05, 0.1) is 11.6 Å². The minimum Gasteiger partial charge on any atom is -0.433 e. The molecule has 1 aromatic carbocycles. The highest BCUT2D eigenvalue weighted by Crippen LogP contribution is 2.25. The van der Waals surface area contributed by atoms with Gasteiger partial charge in [0.2, 0.25) is 0 Å². The van der Waals surface area contributed by atoms with Crippen molar-refractivity contribution in [3.8, 4) is 11.4 Å². The van der Waals surface area contributed by atoms with Crippen LogP contribution in [0.5, 0.6) is 5.75 Å². The van der Waals surface area contributed by atoms with Crippen LogP contribution in [-0.2, 0) is 0 Å². The maximum absolute atomic E-state index is 12.3. The highest BCUT2D eigenvalue weighted by atomic mass is 35.5. The third-order valence-corrected chi connectivity index (χ3v) is 2.47. The third-order valence-electron chi connectivity index (χ3n) is 2.25. The molecule has 0 saturated heterocycles. The Morgan fingerprint density at radius 3 is 2.67 bits per heavy atom. The maximum atomic E-state index is 12.3. The van der Waals surface area contributed by atoms with Gasteiger partial charge in [0, 0.05) is 0 Å². The van der Waals surface area contributed by atoms with Gasteiger partial charge in [-0.05, 0) is 19.1 Å². The van der Waals surface area contributed by atoms with E-state index in [9.17, 15) is 8.78 Å². The van der Waals surface area contributed by atoms with Crippen LogP contribution >= 0.6 is 11.6 Å². The zero-order valence-corrected chi connectivity index (χ0v) is 10.2. The molecule has 0 radical (unpaired) electrons. The summed E-state index contributed by atoms with van der Waals surface area (Å²) < 4.78 is 30.3. The standard InChI is InChI=1S/C11H10ClF2N3O/c1-7(12)8-6-17(16-15-8)9-4-2-3-5-10(9)18-11(13)14/h2-7,11H,1H3. The summed E-state index contributed by atoms with van der Waals surface area (Å²) in [5.74, 6) is 0.0335. The molecule has 1 aromatic heterocycles. The second-order valence-corrected chi connectivity index (χ2v) is 4.20. The molecule has 0 saturated carbocycles. The van der Waals surface area contributed by atoms with Crippen molar-refractivity contribution in [2.45, 2.75) is 18.9 Å². The van der Waals surface area contributed by atoms with E-state index < -0.39 is 6.61 Å². The number of hydrogen-bond donors (Lipinski definition) is 0. The summed E-state index contributed by atoms with van der Waals surface area (Å²) in [6.07, 6.45) is 1.57. The van der Waals surface area contributed by atoms with E-state index in [-0.39, 0.29) is 11.1 Å². The van der Waals surface area contributed by atoms with Crippen molar-refractivity contribution in [1.82, 2.24) is 15.0 Å². The van der Waals surface area contributed by atoms with Gasteiger partial charge in [0.25, 0.3) is 0 Å². The summed E-state index contributed by atoms with van der Waals surface area (Å²) in [4.78, 5) is 0. The van der Waals surface area contributed by atoms with Gasteiger partial charge in [-0.1, -0.05) is 17.3 Å². The Balaban J connectivity index is 2.36. The summed E-state index contributed by atoms with van der Waals surface area (Å²) in [6.45, 7) is -1.14. The van der Waals surface area contributed by atoms with E-state index >= 15 is 0 Å². The lowest BCUT2D eigenvalue weighted by atomic mass is 10.3. The summed E-state index contributed by atoms with van der Waals surface area (Å²) in [6, 6.07) is 6.34. The summed E-state index contributed by atoms with van der Waals surface area (Å²) >= 11 is 5.86. The van der Waals surface area contributed by atoms with Crippen LogP contribution < -0.4 is 4.74 Å². The third kappa shape index (κ3) is 2.76. The zero-order chi connectivity index (χ0) is 13.1. The molecule has 7 heteroatoms. The van der Waals surface area contributed by atoms with Crippen molar-refractivity contribution in [1.29, 1.82) is 0 Å². The first-order valence-corrected chi connectivity index (χ1v) is 5.62. The van der Waals surface area contributed by atoms with Crippen LogP contribution in [0.25, 0.3) is 5.69 Å². The number of para-hydroxylation sites is 2. The molecular weight excluding hydrogens is 264 g/mol. The number of hydrogen-bond acceptors (Lipinski definition) is 3. The summed E-state index contributed by atoms with van der Waals surface area (Å²) in [5.41, 5.74) is 0.942. The molecule has 0 amide bonds. The molecule has 0 aliphatic carbocycles. The first-order chi connectivity index (χ1) is 8.58. The van der Waals surface area contributed by atoms with E-state index in [0.717, 1.165) is 0 Å². The Morgan fingerprint density at radius 2 is 2.06 bits per heavy atom. The lowest BCUT2D eigenvalue weighted by Gasteiger charge is -2.09. The normalized spacial score (nSPS) is 12.7. The predicted molar refractivity (Wildman–Crippen MR) is 62.3 cm³/mol. The van der Waals surface area contributed by atoms with Crippen LogP contribution in [0.2, 0.25) is 0 Å².